The summed E-state index contributed by atoms with van der Waals surface area (Å²) in [5, 5.41) is 5.19. The molecule has 5 rings (SSSR count). The summed E-state index contributed by atoms with van der Waals surface area (Å²) in [5.41, 5.74) is 5.18. The molecule has 0 amide bonds. The Bertz CT molecular complexity index is 1200. The molecule has 0 N–H and O–H groups in total. The van der Waals surface area contributed by atoms with Crippen LogP contribution in [0.15, 0.2) is 97.1 Å². The maximum atomic E-state index is 2.46. The summed E-state index contributed by atoms with van der Waals surface area (Å²) in [7, 11) is 0. The average molecular weight is 582 g/mol. The van der Waals surface area contributed by atoms with Gasteiger partial charge in [0, 0.05) is 18.3 Å². The fraction of sp³-hybridized carbons (Fsp3) is 0. The van der Waals surface area contributed by atoms with Crippen LogP contribution in [0.3, 0.4) is 0 Å². The van der Waals surface area contributed by atoms with Gasteiger partial charge in [-0.05, 0) is 102 Å². The second-order valence-electron chi connectivity index (χ2n) is 6.87. The van der Waals surface area contributed by atoms with Crippen LogP contribution >= 0.6 is 45.2 Å². The Kier molecular flexibility index (Phi) is 4.85. The van der Waals surface area contributed by atoms with E-state index in [2.05, 4.69) is 142 Å². The van der Waals surface area contributed by atoms with Crippen molar-refractivity contribution in [2.75, 3.05) is 0 Å². The number of hydrogen-bond acceptors (Lipinski definition) is 0. The first-order valence-electron chi connectivity index (χ1n) is 9.18. The van der Waals surface area contributed by atoms with E-state index < -0.39 is 0 Å². The molecule has 28 heavy (non-hydrogen) atoms. The molecule has 134 valence electrons. The molecule has 0 aromatic heterocycles. The van der Waals surface area contributed by atoms with Crippen LogP contribution in [0.2, 0.25) is 0 Å². The van der Waals surface area contributed by atoms with Crippen molar-refractivity contribution in [3.05, 3.63) is 104 Å². The van der Waals surface area contributed by atoms with E-state index in [4.69, 9.17) is 0 Å². The van der Waals surface area contributed by atoms with Crippen molar-refractivity contribution in [2.24, 2.45) is 0 Å². The Morgan fingerprint density at radius 3 is 1.21 bits per heavy atom. The summed E-state index contributed by atoms with van der Waals surface area (Å²) in [4.78, 5) is 0. The van der Waals surface area contributed by atoms with E-state index in [-0.39, 0.29) is 0 Å². The second-order valence-corrected chi connectivity index (χ2v) is 9.20. The number of benzene rings is 5. The lowest BCUT2D eigenvalue weighted by atomic mass is 9.92. The van der Waals surface area contributed by atoms with E-state index in [1.807, 2.05) is 0 Å². The van der Waals surface area contributed by atoms with Crippen LogP contribution in [0, 0.1) is 7.14 Å². The number of halogens is 2. The molecule has 0 atom stereocenters. The lowest BCUT2D eigenvalue weighted by molar-refractivity contribution is 1.61. The predicted octanol–water partition coefficient (Wildman–Crippen LogP) is 8.54. The molecule has 0 fully saturated rings. The summed E-state index contributed by atoms with van der Waals surface area (Å²) in [6.07, 6.45) is 0. The van der Waals surface area contributed by atoms with Crippen LogP contribution in [-0.2, 0) is 0 Å². The van der Waals surface area contributed by atoms with Crippen LogP contribution in [0.25, 0.3) is 43.8 Å². The van der Waals surface area contributed by atoms with Gasteiger partial charge < -0.3 is 0 Å². The summed E-state index contributed by atoms with van der Waals surface area (Å²) >= 11 is 4.91. The fourth-order valence-corrected chi connectivity index (χ4v) is 5.45. The molecular weight excluding hydrogens is 566 g/mol. The van der Waals surface area contributed by atoms with Gasteiger partial charge in [-0.3, -0.25) is 0 Å². The monoisotopic (exact) mass is 582 g/mol. The normalized spacial score (nSPS) is 11.2. The molecular formula is C26H16I2. The molecule has 0 nitrogen and oxygen atoms in total. The van der Waals surface area contributed by atoms with Gasteiger partial charge in [0.15, 0.2) is 0 Å². The quantitative estimate of drug-likeness (QED) is 0.145. The molecule has 0 aliphatic carbocycles. The van der Waals surface area contributed by atoms with Crippen molar-refractivity contribution < 1.29 is 0 Å². The van der Waals surface area contributed by atoms with Gasteiger partial charge in [-0.1, -0.05) is 72.8 Å². The second kappa shape index (κ2) is 7.48. The highest BCUT2D eigenvalue weighted by Crippen LogP contribution is 2.39. The molecule has 5 aromatic carbocycles. The van der Waals surface area contributed by atoms with E-state index in [0.29, 0.717) is 0 Å². The zero-order valence-electron chi connectivity index (χ0n) is 15.0. The van der Waals surface area contributed by atoms with Crippen LogP contribution in [0.1, 0.15) is 0 Å². The first kappa shape index (κ1) is 18.1. The zero-order chi connectivity index (χ0) is 19.1. The third-order valence-electron chi connectivity index (χ3n) is 5.18. The first-order valence-corrected chi connectivity index (χ1v) is 11.3. The van der Waals surface area contributed by atoms with Gasteiger partial charge in [-0.15, -0.1) is 0 Å². The van der Waals surface area contributed by atoms with Crippen molar-refractivity contribution in [3.8, 4) is 22.3 Å². The summed E-state index contributed by atoms with van der Waals surface area (Å²) in [5.74, 6) is 0. The fourth-order valence-electron chi connectivity index (χ4n) is 3.89. The number of fused-ring (bicyclic) bond motifs is 2. The van der Waals surface area contributed by atoms with Crippen LogP contribution in [0.5, 0.6) is 0 Å². The van der Waals surface area contributed by atoms with Crippen molar-refractivity contribution in [3.63, 3.8) is 0 Å². The van der Waals surface area contributed by atoms with Gasteiger partial charge in [0.05, 0.1) is 0 Å². The Morgan fingerprint density at radius 2 is 0.821 bits per heavy atom. The minimum Gasteiger partial charge on any atom is -0.0622 e. The molecule has 0 saturated carbocycles. The third kappa shape index (κ3) is 3.12. The van der Waals surface area contributed by atoms with Gasteiger partial charge in [-0.2, -0.15) is 0 Å². The highest BCUT2D eigenvalue weighted by Gasteiger charge is 2.13. The summed E-state index contributed by atoms with van der Waals surface area (Å²) < 4.78 is 2.56. The highest BCUT2D eigenvalue weighted by atomic mass is 127. The molecule has 0 radical (unpaired) electrons. The molecule has 0 aliphatic heterocycles. The van der Waals surface area contributed by atoms with Crippen molar-refractivity contribution in [1.82, 2.24) is 0 Å². The minimum absolute atomic E-state index is 1.27. The standard InChI is InChI=1S/C26H16I2/c27-23-13-11-19-16-22-20(15-21(19)25(23)17-7-3-1-4-8-17)12-14-24(28)26(22)18-9-5-2-6-10-18/h1-16H. The molecule has 5 aromatic rings. The van der Waals surface area contributed by atoms with E-state index in [1.165, 1.54) is 50.9 Å². The summed E-state index contributed by atoms with van der Waals surface area (Å²) in [6, 6.07) is 35.1. The van der Waals surface area contributed by atoms with Crippen LogP contribution in [-0.4, -0.2) is 0 Å². The van der Waals surface area contributed by atoms with E-state index in [9.17, 15) is 0 Å². The predicted molar refractivity (Wildman–Crippen MR) is 138 cm³/mol. The summed E-state index contributed by atoms with van der Waals surface area (Å²) in [6.45, 7) is 0. The molecule has 0 spiro atoms. The Balaban J connectivity index is 1.87. The van der Waals surface area contributed by atoms with E-state index >= 15 is 0 Å². The van der Waals surface area contributed by atoms with Gasteiger partial charge in [-0.25, -0.2) is 0 Å². The van der Waals surface area contributed by atoms with Gasteiger partial charge >= 0.3 is 0 Å². The van der Waals surface area contributed by atoms with Gasteiger partial charge in [0.25, 0.3) is 0 Å². The van der Waals surface area contributed by atoms with Crippen molar-refractivity contribution >= 4 is 66.7 Å². The SMILES string of the molecule is Ic1ccc2cc3c(-c4ccccc4)c(I)ccc3cc2c1-c1ccccc1. The van der Waals surface area contributed by atoms with Crippen molar-refractivity contribution in [1.29, 1.82) is 0 Å². The van der Waals surface area contributed by atoms with Crippen LogP contribution < -0.4 is 0 Å². The molecule has 0 aliphatic rings. The van der Waals surface area contributed by atoms with E-state index in [1.54, 1.807) is 0 Å². The van der Waals surface area contributed by atoms with Gasteiger partial charge in [0.1, 0.15) is 0 Å². The zero-order valence-corrected chi connectivity index (χ0v) is 19.3. The van der Waals surface area contributed by atoms with E-state index in [0.717, 1.165) is 0 Å². The number of hydrogen-bond donors (Lipinski definition) is 0. The lowest BCUT2D eigenvalue weighted by Gasteiger charge is -2.14. The Labute approximate surface area is 191 Å². The Morgan fingerprint density at radius 1 is 0.429 bits per heavy atom. The number of rotatable bonds is 2. The largest absolute Gasteiger partial charge is 0.0622 e. The Hall–Kier alpha value is -1.92. The topological polar surface area (TPSA) is 0 Å². The molecule has 2 heteroatoms. The lowest BCUT2D eigenvalue weighted by Crippen LogP contribution is -1.90. The average Bonchev–Trinajstić information content (AvgIpc) is 2.74. The van der Waals surface area contributed by atoms with Gasteiger partial charge in [0.2, 0.25) is 0 Å². The van der Waals surface area contributed by atoms with Crippen molar-refractivity contribution in [2.45, 2.75) is 0 Å². The highest BCUT2D eigenvalue weighted by molar-refractivity contribution is 14.1. The van der Waals surface area contributed by atoms with Crippen LogP contribution in [0.4, 0.5) is 0 Å². The maximum Gasteiger partial charge on any atom is 0.0215 e. The maximum absolute atomic E-state index is 2.46. The minimum atomic E-state index is 1.27. The molecule has 0 heterocycles. The molecule has 0 saturated heterocycles. The molecule has 0 unspecified atom stereocenters. The smallest absolute Gasteiger partial charge is 0.0215 e. The molecule has 0 bridgehead atoms. The first-order chi connectivity index (χ1) is 13.7. The third-order valence-corrected chi connectivity index (χ3v) is 6.98.